The van der Waals surface area contributed by atoms with Crippen molar-refractivity contribution in [2.45, 2.75) is 105 Å². The van der Waals surface area contributed by atoms with Crippen molar-refractivity contribution in [2.24, 2.45) is 39.4 Å². The van der Waals surface area contributed by atoms with Gasteiger partial charge in [-0.25, -0.2) is 4.79 Å². The van der Waals surface area contributed by atoms with Crippen molar-refractivity contribution in [1.29, 1.82) is 0 Å². The van der Waals surface area contributed by atoms with E-state index in [1.807, 2.05) is 20.8 Å². The summed E-state index contributed by atoms with van der Waals surface area (Å²) in [5, 5.41) is 23.0. The predicted octanol–water partition coefficient (Wildman–Crippen LogP) is 2.72. The van der Waals surface area contributed by atoms with Crippen molar-refractivity contribution in [2.75, 3.05) is 7.11 Å². The smallest absolute Gasteiger partial charge is 0.352 e. The highest BCUT2D eigenvalue weighted by Crippen LogP contribution is 2.74. The van der Waals surface area contributed by atoms with Gasteiger partial charge in [-0.05, 0) is 42.9 Å². The highest BCUT2D eigenvalue weighted by atomic mass is 16.6. The maximum Gasteiger partial charge on any atom is 0.352 e. The molecule has 0 spiro atoms. The number of aliphatic hydroxyl groups excluding tert-OH is 2. The molecule has 10 heteroatoms. The Balaban J connectivity index is 2.02. The van der Waals surface area contributed by atoms with Gasteiger partial charge in [-0.1, -0.05) is 46.8 Å². The molecule has 4 rings (SSSR count). The normalized spacial score (nSPS) is 47.5. The van der Waals surface area contributed by atoms with Crippen LogP contribution < -0.4 is 0 Å². The maximum atomic E-state index is 14.2. The van der Waals surface area contributed by atoms with Crippen LogP contribution >= 0.6 is 0 Å². The summed E-state index contributed by atoms with van der Waals surface area (Å²) in [7, 11) is 1.15. The average Bonchev–Trinajstić information content (AvgIpc) is 2.83. The van der Waals surface area contributed by atoms with Crippen LogP contribution in [0.4, 0.5) is 0 Å². The van der Waals surface area contributed by atoms with E-state index in [0.29, 0.717) is 24.8 Å². The van der Waals surface area contributed by atoms with Gasteiger partial charge in [-0.3, -0.25) is 14.4 Å². The molecule has 2 N–H and O–H groups in total. The fraction of sp³-hybridized carbons (Fsp3) is 0.800. The third-order valence-corrected chi connectivity index (χ3v) is 11.4. The van der Waals surface area contributed by atoms with Crippen LogP contribution in [0, 0.1) is 39.4 Å². The van der Waals surface area contributed by atoms with Crippen LogP contribution in [0.25, 0.3) is 0 Å². The zero-order valence-corrected chi connectivity index (χ0v) is 25.0. The molecule has 11 unspecified atom stereocenters. The zero-order chi connectivity index (χ0) is 30.4. The lowest BCUT2D eigenvalue weighted by molar-refractivity contribution is -0.308. The Hall–Kier alpha value is -2.46. The van der Waals surface area contributed by atoms with E-state index in [2.05, 4.69) is 13.5 Å². The summed E-state index contributed by atoms with van der Waals surface area (Å²) in [6.07, 6.45) is -2.98. The predicted molar refractivity (Wildman–Crippen MR) is 141 cm³/mol. The summed E-state index contributed by atoms with van der Waals surface area (Å²) in [4.78, 5) is 52.2. The summed E-state index contributed by atoms with van der Waals surface area (Å²) in [5.74, 6) is -4.79. The van der Waals surface area contributed by atoms with Crippen LogP contribution in [0.1, 0.15) is 74.7 Å². The molecule has 1 saturated heterocycles. The third kappa shape index (κ3) is 3.74. The molecule has 0 aromatic carbocycles. The maximum absolute atomic E-state index is 14.2. The van der Waals surface area contributed by atoms with Gasteiger partial charge >= 0.3 is 23.9 Å². The minimum atomic E-state index is -1.99. The van der Waals surface area contributed by atoms with Gasteiger partial charge in [0.2, 0.25) is 5.60 Å². The minimum absolute atomic E-state index is 0.342. The molecule has 1 heterocycles. The molecule has 3 aliphatic carbocycles. The SMILES string of the molecule is C=C1CC2C3(C)CCC(O)C(C)(C)C3C(OC(C)=O)C(OC(C)=O)C2(C)C2C(=O)OC(C)(C(=O)OC)C(O)C12C. The molecule has 0 aromatic heterocycles. The largest absolute Gasteiger partial charge is 0.466 e. The molecular weight excluding hydrogens is 520 g/mol. The second kappa shape index (κ2) is 9.28. The Morgan fingerprint density at radius 1 is 1.00 bits per heavy atom. The number of cyclic esters (lactones) is 1. The molecule has 3 saturated carbocycles. The van der Waals surface area contributed by atoms with Crippen LogP contribution in [0.3, 0.4) is 0 Å². The van der Waals surface area contributed by atoms with Gasteiger partial charge in [-0.15, -0.1) is 0 Å². The van der Waals surface area contributed by atoms with E-state index in [1.54, 1.807) is 6.92 Å². The molecule has 0 amide bonds. The number of carbonyl (C=O) groups is 4. The Labute approximate surface area is 235 Å². The summed E-state index contributed by atoms with van der Waals surface area (Å²) >= 11 is 0. The van der Waals surface area contributed by atoms with E-state index in [4.69, 9.17) is 18.9 Å². The first-order chi connectivity index (χ1) is 18.2. The van der Waals surface area contributed by atoms with E-state index in [9.17, 15) is 29.4 Å². The summed E-state index contributed by atoms with van der Waals surface area (Å²) in [6.45, 7) is 17.6. The summed E-state index contributed by atoms with van der Waals surface area (Å²) in [5.41, 5.74) is -5.38. The average molecular weight is 565 g/mol. The molecule has 4 aliphatic rings. The van der Waals surface area contributed by atoms with Gasteiger partial charge in [0.15, 0.2) is 0 Å². The van der Waals surface area contributed by atoms with Crippen molar-refractivity contribution in [3.63, 3.8) is 0 Å². The van der Waals surface area contributed by atoms with E-state index in [1.165, 1.54) is 20.8 Å². The summed E-state index contributed by atoms with van der Waals surface area (Å²) < 4.78 is 22.7. The van der Waals surface area contributed by atoms with Crippen LogP contribution in [-0.2, 0) is 38.1 Å². The van der Waals surface area contributed by atoms with Crippen molar-refractivity contribution < 1.29 is 48.3 Å². The minimum Gasteiger partial charge on any atom is -0.466 e. The van der Waals surface area contributed by atoms with Crippen LogP contribution in [0.2, 0.25) is 0 Å². The van der Waals surface area contributed by atoms with Crippen LogP contribution in [-0.4, -0.2) is 71.2 Å². The Morgan fingerprint density at radius 3 is 2.10 bits per heavy atom. The van der Waals surface area contributed by atoms with Crippen LogP contribution in [0.5, 0.6) is 0 Å². The van der Waals surface area contributed by atoms with Gasteiger partial charge in [-0.2, -0.15) is 0 Å². The molecule has 224 valence electrons. The molecule has 0 bridgehead atoms. The topological polar surface area (TPSA) is 146 Å². The Kier molecular flexibility index (Phi) is 7.07. The lowest BCUT2D eigenvalue weighted by Gasteiger charge is -2.72. The molecule has 10 nitrogen and oxygen atoms in total. The quantitative estimate of drug-likeness (QED) is 0.298. The number of hydrogen-bond acceptors (Lipinski definition) is 10. The monoisotopic (exact) mass is 564 g/mol. The number of ether oxygens (including phenoxy) is 4. The standard InChI is InChI=1S/C30H44O10/c1-14-13-17-27(6)12-11-18(33)26(4,5)20(27)19(38-15(2)31)22(39-16(3)32)29(17,8)21-23(34)40-30(9,25(36)37-10)24(35)28(14,21)7/h17-22,24,33,35H,1,11-13H2,2-10H3. The first-order valence-electron chi connectivity index (χ1n) is 14.0. The highest BCUT2D eigenvalue weighted by Gasteiger charge is 2.78. The van der Waals surface area contributed by atoms with Crippen molar-refractivity contribution >= 4 is 23.9 Å². The van der Waals surface area contributed by atoms with Crippen molar-refractivity contribution in [1.82, 2.24) is 0 Å². The van der Waals surface area contributed by atoms with E-state index in [0.717, 1.165) is 7.11 Å². The fourth-order valence-electron chi connectivity index (χ4n) is 9.59. The molecule has 0 radical (unpaired) electrons. The van der Waals surface area contributed by atoms with Gasteiger partial charge in [0.25, 0.3) is 0 Å². The van der Waals surface area contributed by atoms with Crippen LogP contribution in [0.15, 0.2) is 12.2 Å². The molecule has 40 heavy (non-hydrogen) atoms. The zero-order valence-electron chi connectivity index (χ0n) is 25.0. The number of carbonyl (C=O) groups excluding carboxylic acids is 4. The van der Waals surface area contributed by atoms with Gasteiger partial charge in [0.1, 0.15) is 18.3 Å². The Bertz CT molecular complexity index is 1150. The van der Waals surface area contributed by atoms with Gasteiger partial charge in [0, 0.05) is 30.6 Å². The second-order valence-corrected chi connectivity index (χ2v) is 13.8. The summed E-state index contributed by atoms with van der Waals surface area (Å²) in [6, 6.07) is 0. The van der Waals surface area contributed by atoms with Crippen molar-refractivity contribution in [3.05, 3.63) is 12.2 Å². The number of hydrogen-bond donors (Lipinski definition) is 2. The van der Waals surface area contributed by atoms with E-state index < -0.39 is 87.4 Å². The molecule has 11 atom stereocenters. The highest BCUT2D eigenvalue weighted by molar-refractivity contribution is 5.88. The lowest BCUT2D eigenvalue weighted by atomic mass is 9.34. The molecular formula is C30H44O10. The lowest BCUT2D eigenvalue weighted by Crippen LogP contribution is -2.78. The number of aliphatic hydroxyl groups is 2. The van der Waals surface area contributed by atoms with Crippen molar-refractivity contribution in [3.8, 4) is 0 Å². The third-order valence-electron chi connectivity index (χ3n) is 11.4. The number of rotatable bonds is 3. The Morgan fingerprint density at radius 2 is 1.57 bits per heavy atom. The van der Waals surface area contributed by atoms with Gasteiger partial charge in [0.05, 0.1) is 19.1 Å². The number of methoxy groups -OCH3 is 1. The van der Waals surface area contributed by atoms with E-state index >= 15 is 0 Å². The second-order valence-electron chi connectivity index (χ2n) is 13.8. The first-order valence-corrected chi connectivity index (χ1v) is 14.0. The molecule has 0 aromatic rings. The fourth-order valence-corrected chi connectivity index (χ4v) is 9.59. The first kappa shape index (κ1) is 30.5. The number of fused-ring (bicyclic) bond motifs is 5. The van der Waals surface area contributed by atoms with E-state index in [-0.39, 0.29) is 5.92 Å². The number of esters is 4. The molecule has 1 aliphatic heterocycles. The van der Waals surface area contributed by atoms with Gasteiger partial charge < -0.3 is 29.2 Å². The molecule has 4 fully saturated rings.